The lowest BCUT2D eigenvalue weighted by atomic mass is 10.1. The van der Waals surface area contributed by atoms with Gasteiger partial charge < -0.3 is 0 Å². The number of hydrogen-bond acceptors (Lipinski definition) is 2. The largest absolute Gasteiger partial charge is 0.280 e. The Morgan fingerprint density at radius 1 is 1.23 bits per heavy atom. The highest BCUT2D eigenvalue weighted by Gasteiger charge is 2.11. The summed E-state index contributed by atoms with van der Waals surface area (Å²) in [6, 6.07) is 0. The predicted molar refractivity (Wildman–Crippen MR) is 51.6 cm³/mol. The second kappa shape index (κ2) is 4.40. The van der Waals surface area contributed by atoms with E-state index in [2.05, 4.69) is 0 Å². The summed E-state index contributed by atoms with van der Waals surface area (Å²) in [6.07, 6.45) is 7.73. The van der Waals surface area contributed by atoms with Crippen LogP contribution < -0.4 is 0 Å². The van der Waals surface area contributed by atoms with Crippen molar-refractivity contribution in [2.75, 3.05) is 0 Å². The topological polar surface area (TPSA) is 34.1 Å². The molecule has 2 nitrogen and oxygen atoms in total. The first-order chi connectivity index (χ1) is 6.11. The standard InChI is InChI=1S/C9H6Cl2O2/c10-8(12)6-2-1-3-7(5-4-6)9(11)13/h1-6H. The second-order valence-corrected chi connectivity index (χ2v) is 3.19. The van der Waals surface area contributed by atoms with Crippen LogP contribution in [0.2, 0.25) is 0 Å². The Bertz CT molecular complexity index is 327. The Morgan fingerprint density at radius 3 is 2.46 bits per heavy atom. The lowest BCUT2D eigenvalue weighted by molar-refractivity contribution is -0.113. The van der Waals surface area contributed by atoms with E-state index in [1.165, 1.54) is 18.2 Å². The predicted octanol–water partition coefficient (Wildman–Crippen LogP) is 2.19. The van der Waals surface area contributed by atoms with Crippen molar-refractivity contribution < 1.29 is 9.59 Å². The van der Waals surface area contributed by atoms with Gasteiger partial charge in [0.2, 0.25) is 5.24 Å². The molecule has 13 heavy (non-hydrogen) atoms. The van der Waals surface area contributed by atoms with E-state index in [0.29, 0.717) is 5.57 Å². The molecule has 0 saturated heterocycles. The van der Waals surface area contributed by atoms with Gasteiger partial charge in [-0.25, -0.2) is 0 Å². The highest BCUT2D eigenvalue weighted by Crippen LogP contribution is 2.14. The van der Waals surface area contributed by atoms with Crippen LogP contribution in [-0.4, -0.2) is 10.5 Å². The van der Waals surface area contributed by atoms with Gasteiger partial charge in [-0.3, -0.25) is 9.59 Å². The summed E-state index contributed by atoms with van der Waals surface area (Å²) in [6.45, 7) is 0. The third kappa shape index (κ3) is 2.83. The third-order valence-electron chi connectivity index (χ3n) is 1.57. The Morgan fingerprint density at radius 2 is 1.92 bits per heavy atom. The van der Waals surface area contributed by atoms with Crippen molar-refractivity contribution in [1.82, 2.24) is 0 Å². The number of carbonyl (C=O) groups is 2. The van der Waals surface area contributed by atoms with Gasteiger partial charge in [-0.15, -0.1) is 0 Å². The highest BCUT2D eigenvalue weighted by molar-refractivity contribution is 6.68. The molecule has 0 saturated carbocycles. The average Bonchev–Trinajstić information content (AvgIpc) is 2.27. The van der Waals surface area contributed by atoms with Crippen molar-refractivity contribution in [2.24, 2.45) is 5.92 Å². The minimum atomic E-state index is -0.552. The Kier molecular flexibility index (Phi) is 3.46. The van der Waals surface area contributed by atoms with Crippen LogP contribution in [0, 0.1) is 5.92 Å². The zero-order valence-electron chi connectivity index (χ0n) is 6.54. The lowest BCUT2D eigenvalue weighted by Gasteiger charge is -1.96. The number of hydrogen-bond donors (Lipinski definition) is 0. The smallest absolute Gasteiger partial charge is 0.252 e. The molecule has 0 spiro atoms. The zero-order chi connectivity index (χ0) is 9.84. The van der Waals surface area contributed by atoms with E-state index in [9.17, 15) is 9.59 Å². The minimum absolute atomic E-state index is 0.346. The maximum absolute atomic E-state index is 10.7. The third-order valence-corrected chi connectivity index (χ3v) is 2.04. The summed E-state index contributed by atoms with van der Waals surface area (Å²) < 4.78 is 0. The van der Waals surface area contributed by atoms with Gasteiger partial charge in [0.1, 0.15) is 0 Å². The van der Waals surface area contributed by atoms with Crippen LogP contribution in [0.25, 0.3) is 0 Å². The molecule has 4 heteroatoms. The van der Waals surface area contributed by atoms with E-state index >= 15 is 0 Å². The average molecular weight is 217 g/mol. The van der Waals surface area contributed by atoms with Gasteiger partial charge >= 0.3 is 0 Å². The van der Waals surface area contributed by atoms with E-state index in [1.54, 1.807) is 12.2 Å². The maximum Gasteiger partial charge on any atom is 0.252 e. The first kappa shape index (κ1) is 10.2. The minimum Gasteiger partial charge on any atom is -0.280 e. The Labute approximate surface area is 85.5 Å². The number of allylic oxidation sites excluding steroid dienone is 6. The Balaban J connectivity index is 2.86. The van der Waals surface area contributed by atoms with Crippen molar-refractivity contribution in [2.45, 2.75) is 0 Å². The van der Waals surface area contributed by atoms with Crippen LogP contribution in [0.5, 0.6) is 0 Å². The van der Waals surface area contributed by atoms with Crippen molar-refractivity contribution >= 4 is 33.7 Å². The molecule has 68 valence electrons. The van der Waals surface area contributed by atoms with Crippen LogP contribution in [0.3, 0.4) is 0 Å². The molecular weight excluding hydrogens is 211 g/mol. The van der Waals surface area contributed by atoms with Crippen LogP contribution in [-0.2, 0) is 9.59 Å². The van der Waals surface area contributed by atoms with Gasteiger partial charge in [0, 0.05) is 5.57 Å². The van der Waals surface area contributed by atoms with Gasteiger partial charge in [-0.2, -0.15) is 0 Å². The molecule has 0 radical (unpaired) electrons. The molecule has 0 bridgehead atoms. The molecule has 1 atom stereocenters. The number of carbonyl (C=O) groups excluding carboxylic acids is 2. The first-order valence-corrected chi connectivity index (χ1v) is 4.32. The summed E-state index contributed by atoms with van der Waals surface area (Å²) >= 11 is 10.5. The van der Waals surface area contributed by atoms with E-state index in [-0.39, 0.29) is 0 Å². The fourth-order valence-corrected chi connectivity index (χ4v) is 1.16. The van der Waals surface area contributed by atoms with Gasteiger partial charge in [0.25, 0.3) is 5.24 Å². The van der Waals surface area contributed by atoms with Crippen molar-refractivity contribution in [3.05, 3.63) is 36.0 Å². The molecular formula is C9H6Cl2O2. The normalized spacial score (nSPS) is 20.8. The first-order valence-electron chi connectivity index (χ1n) is 3.57. The van der Waals surface area contributed by atoms with E-state index in [4.69, 9.17) is 23.2 Å². The van der Waals surface area contributed by atoms with Gasteiger partial charge in [-0.05, 0) is 23.2 Å². The summed E-state index contributed by atoms with van der Waals surface area (Å²) in [5.41, 5.74) is 0.346. The molecule has 1 rings (SSSR count). The van der Waals surface area contributed by atoms with E-state index in [0.717, 1.165) is 0 Å². The van der Waals surface area contributed by atoms with Crippen molar-refractivity contribution in [3.63, 3.8) is 0 Å². The molecule has 1 aliphatic carbocycles. The fourth-order valence-electron chi connectivity index (χ4n) is 0.888. The van der Waals surface area contributed by atoms with E-state index < -0.39 is 16.4 Å². The molecule has 1 aliphatic rings. The Hall–Kier alpha value is -0.860. The molecule has 0 heterocycles. The molecule has 0 aromatic heterocycles. The maximum atomic E-state index is 10.7. The number of halogens is 2. The summed E-state index contributed by atoms with van der Waals surface area (Å²) in [5, 5.41) is -1.03. The second-order valence-electron chi connectivity index (χ2n) is 2.47. The molecule has 0 N–H and O–H groups in total. The van der Waals surface area contributed by atoms with Gasteiger partial charge in [0.15, 0.2) is 0 Å². The van der Waals surface area contributed by atoms with E-state index in [1.807, 2.05) is 0 Å². The van der Waals surface area contributed by atoms with Crippen LogP contribution in [0.15, 0.2) is 36.0 Å². The highest BCUT2D eigenvalue weighted by atomic mass is 35.5. The molecule has 0 fully saturated rings. The fraction of sp³-hybridized carbons (Fsp3) is 0.111. The lowest BCUT2D eigenvalue weighted by Crippen LogP contribution is -2.00. The molecule has 0 aromatic carbocycles. The van der Waals surface area contributed by atoms with Crippen LogP contribution >= 0.6 is 23.2 Å². The quantitative estimate of drug-likeness (QED) is 0.664. The number of rotatable bonds is 2. The molecule has 1 unspecified atom stereocenters. The molecule has 0 aliphatic heterocycles. The summed E-state index contributed by atoms with van der Waals surface area (Å²) in [4.78, 5) is 21.5. The summed E-state index contributed by atoms with van der Waals surface area (Å²) in [5.74, 6) is -0.480. The SMILES string of the molecule is O=C(Cl)C1=CC=CC(C(=O)Cl)C=C1. The zero-order valence-corrected chi connectivity index (χ0v) is 8.05. The van der Waals surface area contributed by atoms with Crippen molar-refractivity contribution in [3.8, 4) is 0 Å². The summed E-state index contributed by atoms with van der Waals surface area (Å²) in [7, 11) is 0. The molecule has 0 amide bonds. The van der Waals surface area contributed by atoms with Gasteiger partial charge in [0.05, 0.1) is 5.92 Å². The van der Waals surface area contributed by atoms with Crippen LogP contribution in [0.1, 0.15) is 0 Å². The van der Waals surface area contributed by atoms with Gasteiger partial charge in [-0.1, -0.05) is 30.4 Å². The molecule has 0 aromatic rings. The monoisotopic (exact) mass is 216 g/mol. The van der Waals surface area contributed by atoms with Crippen LogP contribution in [0.4, 0.5) is 0 Å². The van der Waals surface area contributed by atoms with Crippen molar-refractivity contribution in [1.29, 1.82) is 0 Å².